The molecule has 4 heteroatoms. The van der Waals surface area contributed by atoms with Crippen molar-refractivity contribution in [3.63, 3.8) is 0 Å². The van der Waals surface area contributed by atoms with Crippen molar-refractivity contribution in [2.24, 2.45) is 0 Å². The molecule has 0 radical (unpaired) electrons. The summed E-state index contributed by atoms with van der Waals surface area (Å²) in [6, 6.07) is 5.32. The van der Waals surface area contributed by atoms with Crippen LogP contribution in [0.5, 0.6) is 0 Å². The number of unbranched alkanes of at least 4 members (excludes halogenated alkanes) is 3. The standard InChI is InChI=1S/C17H23NO3/c1-3-4-5-6-12-18-17(21)15-9-7-8-14(13(15)2)10-11-16(19)20/h7-11H,3-6,12H2,1-2H3,(H,18,21)(H,19,20). The molecule has 4 nitrogen and oxygen atoms in total. The van der Waals surface area contributed by atoms with Crippen molar-refractivity contribution in [2.75, 3.05) is 6.54 Å². The predicted octanol–water partition coefficient (Wildman–Crippen LogP) is 3.40. The van der Waals surface area contributed by atoms with Crippen LogP contribution in [0.15, 0.2) is 24.3 Å². The monoisotopic (exact) mass is 289 g/mol. The fourth-order valence-electron chi connectivity index (χ4n) is 2.09. The number of carboxylic acids is 1. The topological polar surface area (TPSA) is 66.4 Å². The molecule has 0 spiro atoms. The normalized spacial score (nSPS) is 10.8. The number of nitrogens with one attached hydrogen (secondary N) is 1. The van der Waals surface area contributed by atoms with Crippen LogP contribution in [0.2, 0.25) is 0 Å². The zero-order chi connectivity index (χ0) is 15.7. The van der Waals surface area contributed by atoms with Crippen molar-refractivity contribution in [1.29, 1.82) is 0 Å². The van der Waals surface area contributed by atoms with E-state index in [9.17, 15) is 9.59 Å². The van der Waals surface area contributed by atoms with E-state index in [1.54, 1.807) is 18.2 Å². The van der Waals surface area contributed by atoms with Gasteiger partial charge in [0.1, 0.15) is 0 Å². The van der Waals surface area contributed by atoms with Gasteiger partial charge in [-0.3, -0.25) is 4.79 Å². The summed E-state index contributed by atoms with van der Waals surface area (Å²) in [6.07, 6.45) is 7.05. The molecular weight excluding hydrogens is 266 g/mol. The second-order valence-corrected chi connectivity index (χ2v) is 5.01. The number of rotatable bonds is 8. The van der Waals surface area contributed by atoms with Crippen LogP contribution in [0.25, 0.3) is 6.08 Å². The summed E-state index contributed by atoms with van der Waals surface area (Å²) in [4.78, 5) is 22.7. The largest absolute Gasteiger partial charge is 0.478 e. The maximum absolute atomic E-state index is 12.1. The number of aliphatic carboxylic acids is 1. The second kappa shape index (κ2) is 8.95. The van der Waals surface area contributed by atoms with Gasteiger partial charge in [-0.2, -0.15) is 0 Å². The number of benzene rings is 1. The fraction of sp³-hybridized carbons (Fsp3) is 0.412. The molecule has 0 atom stereocenters. The maximum atomic E-state index is 12.1. The number of hydrogen-bond donors (Lipinski definition) is 2. The molecule has 1 rings (SSSR count). The number of carbonyl (C=O) groups excluding carboxylic acids is 1. The number of carboxylic acid groups (broad SMARTS) is 1. The van der Waals surface area contributed by atoms with Crippen LogP contribution in [0.3, 0.4) is 0 Å². The van der Waals surface area contributed by atoms with Crippen molar-refractivity contribution < 1.29 is 14.7 Å². The van der Waals surface area contributed by atoms with Gasteiger partial charge in [0, 0.05) is 18.2 Å². The third kappa shape index (κ3) is 5.81. The summed E-state index contributed by atoms with van der Waals surface area (Å²) in [5, 5.41) is 11.6. The lowest BCUT2D eigenvalue weighted by atomic mass is 10.0. The van der Waals surface area contributed by atoms with Gasteiger partial charge in [0.15, 0.2) is 0 Å². The van der Waals surface area contributed by atoms with Gasteiger partial charge in [-0.15, -0.1) is 0 Å². The van der Waals surface area contributed by atoms with Crippen molar-refractivity contribution >= 4 is 18.0 Å². The SMILES string of the molecule is CCCCCCNC(=O)c1cccc(C=CC(=O)O)c1C. The Morgan fingerprint density at radius 2 is 2.00 bits per heavy atom. The summed E-state index contributed by atoms with van der Waals surface area (Å²) in [5.74, 6) is -1.10. The van der Waals surface area contributed by atoms with Crippen LogP contribution in [0.1, 0.15) is 54.1 Å². The highest BCUT2D eigenvalue weighted by atomic mass is 16.4. The van der Waals surface area contributed by atoms with Gasteiger partial charge in [-0.05, 0) is 36.6 Å². The van der Waals surface area contributed by atoms with E-state index in [2.05, 4.69) is 12.2 Å². The first-order valence-electron chi connectivity index (χ1n) is 7.35. The Labute approximate surface area is 125 Å². The highest BCUT2D eigenvalue weighted by molar-refractivity contribution is 5.97. The lowest BCUT2D eigenvalue weighted by Crippen LogP contribution is -2.25. The number of amides is 1. The minimum absolute atomic E-state index is 0.102. The Morgan fingerprint density at radius 1 is 1.24 bits per heavy atom. The molecule has 1 amide bonds. The lowest BCUT2D eigenvalue weighted by Gasteiger charge is -2.09. The predicted molar refractivity (Wildman–Crippen MR) is 84.3 cm³/mol. The number of hydrogen-bond acceptors (Lipinski definition) is 2. The zero-order valence-corrected chi connectivity index (χ0v) is 12.7. The molecule has 1 aromatic carbocycles. The van der Waals surface area contributed by atoms with E-state index in [0.717, 1.165) is 30.0 Å². The average Bonchev–Trinajstić information content (AvgIpc) is 2.45. The fourth-order valence-corrected chi connectivity index (χ4v) is 2.09. The maximum Gasteiger partial charge on any atom is 0.328 e. The molecule has 1 aromatic rings. The van der Waals surface area contributed by atoms with Gasteiger partial charge in [-0.25, -0.2) is 4.79 Å². The zero-order valence-electron chi connectivity index (χ0n) is 12.7. The highest BCUT2D eigenvalue weighted by Crippen LogP contribution is 2.15. The molecular formula is C17H23NO3. The van der Waals surface area contributed by atoms with Gasteiger partial charge in [0.05, 0.1) is 0 Å². The van der Waals surface area contributed by atoms with E-state index in [-0.39, 0.29) is 5.91 Å². The van der Waals surface area contributed by atoms with E-state index >= 15 is 0 Å². The average molecular weight is 289 g/mol. The van der Waals surface area contributed by atoms with Crippen LogP contribution in [0.4, 0.5) is 0 Å². The Morgan fingerprint density at radius 3 is 2.67 bits per heavy atom. The van der Waals surface area contributed by atoms with Crippen LogP contribution >= 0.6 is 0 Å². The Bertz CT molecular complexity index is 521. The van der Waals surface area contributed by atoms with Gasteiger partial charge in [0.2, 0.25) is 0 Å². The molecule has 0 aliphatic carbocycles. The highest BCUT2D eigenvalue weighted by Gasteiger charge is 2.10. The Hall–Kier alpha value is -2.10. The molecule has 0 aromatic heterocycles. The number of carbonyl (C=O) groups is 2. The molecule has 2 N–H and O–H groups in total. The van der Waals surface area contributed by atoms with E-state index < -0.39 is 5.97 Å². The summed E-state index contributed by atoms with van der Waals surface area (Å²) < 4.78 is 0. The summed E-state index contributed by atoms with van der Waals surface area (Å²) in [6.45, 7) is 4.65. The van der Waals surface area contributed by atoms with Gasteiger partial charge < -0.3 is 10.4 Å². The van der Waals surface area contributed by atoms with Gasteiger partial charge in [-0.1, -0.05) is 38.3 Å². The molecule has 114 valence electrons. The molecule has 0 heterocycles. The van der Waals surface area contributed by atoms with Crippen molar-refractivity contribution in [2.45, 2.75) is 39.5 Å². The van der Waals surface area contributed by atoms with E-state index in [1.807, 2.05) is 6.92 Å². The first kappa shape index (κ1) is 17.0. The Kier molecular flexibility index (Phi) is 7.23. The third-order valence-corrected chi connectivity index (χ3v) is 3.34. The van der Waals surface area contributed by atoms with E-state index in [0.29, 0.717) is 12.1 Å². The molecule has 0 aliphatic rings. The minimum Gasteiger partial charge on any atom is -0.478 e. The first-order chi connectivity index (χ1) is 10.1. The van der Waals surface area contributed by atoms with Crippen LogP contribution in [-0.2, 0) is 4.79 Å². The minimum atomic E-state index is -1.000. The van der Waals surface area contributed by atoms with Crippen molar-refractivity contribution in [3.8, 4) is 0 Å². The van der Waals surface area contributed by atoms with Gasteiger partial charge >= 0.3 is 5.97 Å². The first-order valence-corrected chi connectivity index (χ1v) is 7.35. The quantitative estimate of drug-likeness (QED) is 0.569. The molecule has 0 saturated carbocycles. The molecule has 0 saturated heterocycles. The molecule has 0 unspecified atom stereocenters. The third-order valence-electron chi connectivity index (χ3n) is 3.34. The van der Waals surface area contributed by atoms with Crippen LogP contribution in [0, 0.1) is 6.92 Å². The van der Waals surface area contributed by atoms with Crippen LogP contribution in [-0.4, -0.2) is 23.5 Å². The summed E-state index contributed by atoms with van der Waals surface area (Å²) in [5.41, 5.74) is 2.13. The molecule has 0 bridgehead atoms. The molecule has 21 heavy (non-hydrogen) atoms. The molecule has 0 aliphatic heterocycles. The van der Waals surface area contributed by atoms with E-state index in [1.165, 1.54) is 18.9 Å². The lowest BCUT2D eigenvalue weighted by molar-refractivity contribution is -0.131. The van der Waals surface area contributed by atoms with E-state index in [4.69, 9.17) is 5.11 Å². The van der Waals surface area contributed by atoms with Crippen molar-refractivity contribution in [1.82, 2.24) is 5.32 Å². The second-order valence-electron chi connectivity index (χ2n) is 5.01. The summed E-state index contributed by atoms with van der Waals surface area (Å²) in [7, 11) is 0. The molecule has 0 fully saturated rings. The van der Waals surface area contributed by atoms with Crippen molar-refractivity contribution in [3.05, 3.63) is 41.0 Å². The smallest absolute Gasteiger partial charge is 0.328 e. The van der Waals surface area contributed by atoms with Crippen LogP contribution < -0.4 is 5.32 Å². The van der Waals surface area contributed by atoms with Gasteiger partial charge in [0.25, 0.3) is 5.91 Å². The Balaban J connectivity index is 2.67. The summed E-state index contributed by atoms with van der Waals surface area (Å²) >= 11 is 0.